The Bertz CT molecular complexity index is 522. The predicted octanol–water partition coefficient (Wildman–Crippen LogP) is 2.73. The standard InChI is InChI=1S/C18H27N3O2/c1-14-6-7-17(20-19-14)21-12-18(13-21)10-16(8-9-23-18)22-11-15-4-2-3-5-15/h6-7,15-16H,2-5,8-13H2,1H3. The Hall–Kier alpha value is -1.20. The van der Waals surface area contributed by atoms with Crippen LogP contribution in [-0.2, 0) is 9.47 Å². The molecular formula is C18H27N3O2. The Morgan fingerprint density at radius 2 is 2.04 bits per heavy atom. The molecule has 1 saturated carbocycles. The maximum absolute atomic E-state index is 6.23. The van der Waals surface area contributed by atoms with Crippen LogP contribution in [0.3, 0.4) is 0 Å². The van der Waals surface area contributed by atoms with Gasteiger partial charge in [-0.05, 0) is 44.2 Å². The van der Waals surface area contributed by atoms with Crippen LogP contribution in [-0.4, -0.2) is 48.2 Å². The largest absolute Gasteiger partial charge is 0.378 e. The number of nitrogens with zero attached hydrogens (tertiary/aromatic N) is 3. The lowest BCUT2D eigenvalue weighted by molar-refractivity contribution is -0.148. The minimum absolute atomic E-state index is 0.0227. The van der Waals surface area contributed by atoms with Crippen molar-refractivity contribution in [2.75, 3.05) is 31.2 Å². The zero-order valence-corrected chi connectivity index (χ0v) is 14.0. The van der Waals surface area contributed by atoms with Crippen LogP contribution in [0, 0.1) is 12.8 Å². The monoisotopic (exact) mass is 317 g/mol. The Kier molecular flexibility index (Phi) is 4.24. The molecule has 126 valence electrons. The van der Waals surface area contributed by atoms with Gasteiger partial charge in [0.05, 0.1) is 24.9 Å². The lowest BCUT2D eigenvalue weighted by atomic mass is 9.84. The fourth-order valence-corrected chi connectivity index (χ4v) is 4.17. The summed E-state index contributed by atoms with van der Waals surface area (Å²) in [6, 6.07) is 4.06. The predicted molar refractivity (Wildman–Crippen MR) is 88.6 cm³/mol. The van der Waals surface area contributed by atoms with Gasteiger partial charge in [-0.15, -0.1) is 5.10 Å². The van der Waals surface area contributed by atoms with Crippen molar-refractivity contribution in [3.8, 4) is 0 Å². The smallest absolute Gasteiger partial charge is 0.151 e. The van der Waals surface area contributed by atoms with Crippen molar-refractivity contribution in [2.24, 2.45) is 5.92 Å². The van der Waals surface area contributed by atoms with Crippen molar-refractivity contribution in [2.45, 2.75) is 57.2 Å². The summed E-state index contributed by atoms with van der Waals surface area (Å²) in [6.07, 6.45) is 7.92. The minimum Gasteiger partial charge on any atom is -0.378 e. The average Bonchev–Trinajstić information content (AvgIpc) is 3.05. The summed E-state index contributed by atoms with van der Waals surface area (Å²) >= 11 is 0. The van der Waals surface area contributed by atoms with E-state index >= 15 is 0 Å². The molecule has 3 fully saturated rings. The molecule has 5 nitrogen and oxygen atoms in total. The van der Waals surface area contributed by atoms with Gasteiger partial charge in [-0.25, -0.2) is 0 Å². The Morgan fingerprint density at radius 3 is 2.78 bits per heavy atom. The van der Waals surface area contributed by atoms with Crippen LogP contribution in [0.2, 0.25) is 0 Å². The summed E-state index contributed by atoms with van der Waals surface area (Å²) in [7, 11) is 0. The Labute approximate surface area is 138 Å². The SMILES string of the molecule is Cc1ccc(N2CC3(CC(OCC4CCCC4)CCO3)C2)nn1. The summed E-state index contributed by atoms with van der Waals surface area (Å²) in [5, 5.41) is 8.42. The summed E-state index contributed by atoms with van der Waals surface area (Å²) in [5.41, 5.74) is 0.934. The Balaban J connectivity index is 1.29. The molecule has 2 aliphatic heterocycles. The van der Waals surface area contributed by atoms with Gasteiger partial charge in [0.25, 0.3) is 0 Å². The van der Waals surface area contributed by atoms with Gasteiger partial charge in [-0.1, -0.05) is 12.8 Å². The molecule has 5 heteroatoms. The molecule has 1 spiro atoms. The van der Waals surface area contributed by atoms with Gasteiger partial charge in [0.15, 0.2) is 5.82 Å². The maximum Gasteiger partial charge on any atom is 0.151 e. The van der Waals surface area contributed by atoms with E-state index in [0.717, 1.165) is 56.6 Å². The molecule has 1 atom stereocenters. The van der Waals surface area contributed by atoms with E-state index in [1.54, 1.807) is 0 Å². The zero-order chi connectivity index (χ0) is 15.7. The number of hydrogen-bond acceptors (Lipinski definition) is 5. The molecule has 3 heterocycles. The molecule has 4 rings (SSSR count). The molecule has 23 heavy (non-hydrogen) atoms. The van der Waals surface area contributed by atoms with Gasteiger partial charge in [0.2, 0.25) is 0 Å². The van der Waals surface area contributed by atoms with Gasteiger partial charge >= 0.3 is 0 Å². The van der Waals surface area contributed by atoms with Crippen LogP contribution in [0.1, 0.15) is 44.2 Å². The third-order valence-electron chi connectivity index (χ3n) is 5.56. The van der Waals surface area contributed by atoms with Crippen molar-refractivity contribution < 1.29 is 9.47 Å². The van der Waals surface area contributed by atoms with E-state index in [9.17, 15) is 0 Å². The van der Waals surface area contributed by atoms with Crippen LogP contribution >= 0.6 is 0 Å². The van der Waals surface area contributed by atoms with E-state index in [2.05, 4.69) is 15.1 Å². The molecule has 1 aromatic heterocycles. The Morgan fingerprint density at radius 1 is 1.22 bits per heavy atom. The minimum atomic E-state index is -0.0227. The van der Waals surface area contributed by atoms with E-state index in [0.29, 0.717) is 6.10 Å². The van der Waals surface area contributed by atoms with Crippen molar-refractivity contribution >= 4 is 5.82 Å². The number of hydrogen-bond donors (Lipinski definition) is 0. The van der Waals surface area contributed by atoms with Gasteiger partial charge in [0.1, 0.15) is 5.60 Å². The summed E-state index contributed by atoms with van der Waals surface area (Å²) in [5.74, 6) is 1.76. The van der Waals surface area contributed by atoms with Crippen LogP contribution < -0.4 is 4.90 Å². The molecule has 0 radical (unpaired) electrons. The first kappa shape index (κ1) is 15.3. The second kappa shape index (κ2) is 6.36. The number of aromatic nitrogens is 2. The second-order valence-electron chi connectivity index (χ2n) is 7.52. The van der Waals surface area contributed by atoms with Gasteiger partial charge in [0, 0.05) is 19.6 Å². The van der Waals surface area contributed by atoms with E-state index in [1.807, 2.05) is 19.1 Å². The topological polar surface area (TPSA) is 47.5 Å². The average molecular weight is 317 g/mol. The molecule has 0 bridgehead atoms. The molecule has 1 aliphatic carbocycles. The molecule has 1 aromatic rings. The zero-order valence-electron chi connectivity index (χ0n) is 14.0. The highest BCUT2D eigenvalue weighted by Crippen LogP contribution is 2.37. The van der Waals surface area contributed by atoms with Gasteiger partial charge in [-0.2, -0.15) is 5.10 Å². The maximum atomic E-state index is 6.23. The molecule has 0 amide bonds. The molecule has 0 N–H and O–H groups in total. The number of ether oxygens (including phenoxy) is 2. The van der Waals surface area contributed by atoms with E-state index in [4.69, 9.17) is 9.47 Å². The van der Waals surface area contributed by atoms with Crippen molar-refractivity contribution in [1.82, 2.24) is 10.2 Å². The molecule has 2 saturated heterocycles. The fourth-order valence-electron chi connectivity index (χ4n) is 4.17. The van der Waals surface area contributed by atoms with E-state index in [1.165, 1.54) is 25.7 Å². The summed E-state index contributed by atoms with van der Waals surface area (Å²) < 4.78 is 12.3. The third kappa shape index (κ3) is 3.36. The molecule has 0 aromatic carbocycles. The van der Waals surface area contributed by atoms with Gasteiger partial charge < -0.3 is 14.4 Å². The summed E-state index contributed by atoms with van der Waals surface area (Å²) in [6.45, 7) is 5.56. The molecule has 3 aliphatic rings. The number of rotatable bonds is 4. The van der Waals surface area contributed by atoms with Crippen LogP contribution in [0.15, 0.2) is 12.1 Å². The second-order valence-corrected chi connectivity index (χ2v) is 7.52. The lowest BCUT2D eigenvalue weighted by Crippen LogP contribution is -2.66. The van der Waals surface area contributed by atoms with Crippen LogP contribution in [0.5, 0.6) is 0 Å². The number of aryl methyl sites for hydroxylation is 1. The first-order valence-corrected chi connectivity index (χ1v) is 9.03. The van der Waals surface area contributed by atoms with E-state index < -0.39 is 0 Å². The highest BCUT2D eigenvalue weighted by atomic mass is 16.5. The third-order valence-corrected chi connectivity index (χ3v) is 5.56. The first-order chi connectivity index (χ1) is 11.2. The molecule has 1 unspecified atom stereocenters. The van der Waals surface area contributed by atoms with Crippen LogP contribution in [0.4, 0.5) is 5.82 Å². The van der Waals surface area contributed by atoms with Crippen LogP contribution in [0.25, 0.3) is 0 Å². The highest BCUT2D eigenvalue weighted by molar-refractivity contribution is 5.43. The fraction of sp³-hybridized carbons (Fsp3) is 0.778. The summed E-state index contributed by atoms with van der Waals surface area (Å²) in [4.78, 5) is 2.26. The number of anilines is 1. The lowest BCUT2D eigenvalue weighted by Gasteiger charge is -2.53. The van der Waals surface area contributed by atoms with Gasteiger partial charge in [-0.3, -0.25) is 0 Å². The van der Waals surface area contributed by atoms with E-state index in [-0.39, 0.29) is 5.60 Å². The van der Waals surface area contributed by atoms with Crippen molar-refractivity contribution in [1.29, 1.82) is 0 Å². The molecular weight excluding hydrogens is 290 g/mol. The normalized spacial score (nSPS) is 27.3. The first-order valence-electron chi connectivity index (χ1n) is 9.03. The van der Waals surface area contributed by atoms with Crippen molar-refractivity contribution in [3.05, 3.63) is 17.8 Å². The quantitative estimate of drug-likeness (QED) is 0.854. The van der Waals surface area contributed by atoms with Crippen molar-refractivity contribution in [3.63, 3.8) is 0 Å². The highest BCUT2D eigenvalue weighted by Gasteiger charge is 2.48.